The second kappa shape index (κ2) is 12.2. The number of hydrogen-bond donors (Lipinski definition) is 1. The highest BCUT2D eigenvalue weighted by atomic mass is 79.9. The Bertz CT molecular complexity index is 1130. The number of benzene rings is 1. The number of alkyl halides is 1. The number of carbonyl (C=O) groups is 3. The van der Waals surface area contributed by atoms with Gasteiger partial charge in [-0.1, -0.05) is 72.3 Å². The van der Waals surface area contributed by atoms with Crippen LogP contribution in [0.25, 0.3) is 0 Å². The topological polar surface area (TPSA) is 90.4 Å². The standard InChI is InChI=1S/C31H42BrN3O5/c1-7-14-33(17-21-12-10-9-11-13-21)28(37)24-25-29(38)35(23(18-36)19(3)4)27(30(39)34(15-8-2)20(5)6)31(25)16-22(32)26(24)40-31/h7-13,19-20,22-27,36H,1-2,14-18H2,3-6H3/t22?,23-,24+,25-,26+,27?,31?/m0/s1. The number of nitrogens with zero attached hydrogens (tertiary/aromatic N) is 3. The minimum atomic E-state index is -1.18. The van der Waals surface area contributed by atoms with Crippen LogP contribution in [0.1, 0.15) is 39.7 Å². The monoisotopic (exact) mass is 615 g/mol. The molecule has 4 rings (SSSR count). The van der Waals surface area contributed by atoms with E-state index in [2.05, 4.69) is 29.1 Å². The Hall–Kier alpha value is -2.49. The largest absolute Gasteiger partial charge is 0.394 e. The normalized spacial score (nSPS) is 29.6. The summed E-state index contributed by atoms with van der Waals surface area (Å²) in [6, 6.07) is 7.99. The van der Waals surface area contributed by atoms with Crippen molar-refractivity contribution in [2.45, 2.75) is 75.3 Å². The molecule has 7 atom stereocenters. The van der Waals surface area contributed by atoms with Crippen molar-refractivity contribution in [1.29, 1.82) is 0 Å². The van der Waals surface area contributed by atoms with Crippen molar-refractivity contribution < 1.29 is 24.2 Å². The summed E-state index contributed by atoms with van der Waals surface area (Å²) in [7, 11) is 0. The van der Waals surface area contributed by atoms with Gasteiger partial charge in [0.15, 0.2) is 0 Å². The van der Waals surface area contributed by atoms with Gasteiger partial charge in [0.2, 0.25) is 17.7 Å². The van der Waals surface area contributed by atoms with Crippen molar-refractivity contribution in [3.05, 3.63) is 61.2 Å². The molecule has 8 nitrogen and oxygen atoms in total. The first kappa shape index (κ1) is 30.5. The Morgan fingerprint density at radius 1 is 1.15 bits per heavy atom. The van der Waals surface area contributed by atoms with Gasteiger partial charge in [-0.15, -0.1) is 13.2 Å². The summed E-state index contributed by atoms with van der Waals surface area (Å²) in [6.45, 7) is 16.1. The van der Waals surface area contributed by atoms with E-state index in [-0.39, 0.29) is 41.1 Å². The maximum Gasteiger partial charge on any atom is 0.248 e. The predicted octanol–water partition coefficient (Wildman–Crippen LogP) is 3.39. The number of aliphatic hydroxyl groups excluding tert-OH is 1. The summed E-state index contributed by atoms with van der Waals surface area (Å²) >= 11 is 3.75. The Morgan fingerprint density at radius 2 is 1.80 bits per heavy atom. The maximum atomic E-state index is 14.4. The third-order valence-electron chi connectivity index (χ3n) is 8.67. The molecule has 0 radical (unpaired) electrons. The number of likely N-dealkylation sites (tertiary alicyclic amines) is 1. The second-order valence-electron chi connectivity index (χ2n) is 11.8. The fourth-order valence-corrected chi connectivity index (χ4v) is 7.80. The van der Waals surface area contributed by atoms with Gasteiger partial charge >= 0.3 is 0 Å². The van der Waals surface area contributed by atoms with E-state index < -0.39 is 35.6 Å². The summed E-state index contributed by atoms with van der Waals surface area (Å²) in [5.74, 6) is -2.46. The summed E-state index contributed by atoms with van der Waals surface area (Å²) in [5, 5.41) is 10.4. The zero-order valence-corrected chi connectivity index (χ0v) is 25.5. The van der Waals surface area contributed by atoms with E-state index in [9.17, 15) is 19.5 Å². The van der Waals surface area contributed by atoms with Gasteiger partial charge in [0.05, 0.1) is 30.6 Å². The van der Waals surface area contributed by atoms with Crippen LogP contribution in [0.4, 0.5) is 0 Å². The lowest BCUT2D eigenvalue weighted by Crippen LogP contribution is -2.60. The van der Waals surface area contributed by atoms with Gasteiger partial charge in [0.25, 0.3) is 0 Å². The molecule has 0 aromatic heterocycles. The molecule has 0 saturated carbocycles. The van der Waals surface area contributed by atoms with Crippen LogP contribution in [0.15, 0.2) is 55.6 Å². The molecule has 3 aliphatic heterocycles. The van der Waals surface area contributed by atoms with Gasteiger partial charge in [0, 0.05) is 30.5 Å². The Morgan fingerprint density at radius 3 is 2.35 bits per heavy atom. The van der Waals surface area contributed by atoms with E-state index in [0.29, 0.717) is 26.1 Å². The predicted molar refractivity (Wildman–Crippen MR) is 157 cm³/mol. The molecule has 9 heteroatoms. The number of carbonyl (C=O) groups excluding carboxylic acids is 3. The molecule has 40 heavy (non-hydrogen) atoms. The molecule has 1 N–H and O–H groups in total. The van der Waals surface area contributed by atoms with Crippen molar-refractivity contribution in [1.82, 2.24) is 14.7 Å². The van der Waals surface area contributed by atoms with Crippen LogP contribution in [-0.4, -0.2) is 91.9 Å². The van der Waals surface area contributed by atoms with Crippen LogP contribution in [-0.2, 0) is 25.7 Å². The molecule has 218 valence electrons. The molecule has 3 saturated heterocycles. The summed E-state index contributed by atoms with van der Waals surface area (Å²) in [5.41, 5.74) is -0.215. The number of hydrogen-bond acceptors (Lipinski definition) is 5. The number of halogens is 1. The third-order valence-corrected chi connectivity index (χ3v) is 9.51. The van der Waals surface area contributed by atoms with E-state index in [4.69, 9.17) is 4.74 Å². The van der Waals surface area contributed by atoms with Gasteiger partial charge in [-0.3, -0.25) is 14.4 Å². The van der Waals surface area contributed by atoms with E-state index >= 15 is 0 Å². The summed E-state index contributed by atoms with van der Waals surface area (Å²) < 4.78 is 6.69. The molecule has 3 unspecified atom stereocenters. The van der Waals surface area contributed by atoms with Crippen molar-refractivity contribution in [2.24, 2.45) is 17.8 Å². The van der Waals surface area contributed by atoms with Crippen LogP contribution in [0, 0.1) is 17.8 Å². The molecular weight excluding hydrogens is 574 g/mol. The summed E-state index contributed by atoms with van der Waals surface area (Å²) in [4.78, 5) is 47.9. The number of rotatable bonds is 12. The Labute approximate surface area is 246 Å². The molecule has 3 amide bonds. The van der Waals surface area contributed by atoms with E-state index in [1.165, 1.54) is 0 Å². The first-order chi connectivity index (χ1) is 19.0. The first-order valence-corrected chi connectivity index (χ1v) is 15.0. The van der Waals surface area contributed by atoms with Gasteiger partial charge in [-0.25, -0.2) is 0 Å². The lowest BCUT2D eigenvalue weighted by molar-refractivity contribution is -0.153. The lowest BCUT2D eigenvalue weighted by atomic mass is 9.70. The minimum Gasteiger partial charge on any atom is -0.394 e. The van der Waals surface area contributed by atoms with Gasteiger partial charge < -0.3 is 24.5 Å². The molecule has 1 spiro atoms. The van der Waals surface area contributed by atoms with E-state index in [1.807, 2.05) is 58.0 Å². The highest BCUT2D eigenvalue weighted by molar-refractivity contribution is 9.09. The van der Waals surface area contributed by atoms with E-state index in [0.717, 1.165) is 5.56 Å². The highest BCUT2D eigenvalue weighted by Gasteiger charge is 2.77. The molecule has 3 fully saturated rings. The zero-order chi connectivity index (χ0) is 29.4. The average molecular weight is 617 g/mol. The number of fused-ring (bicyclic) bond motifs is 1. The van der Waals surface area contributed by atoms with Gasteiger partial charge in [-0.2, -0.15) is 0 Å². The lowest BCUT2D eigenvalue weighted by Gasteiger charge is -2.41. The van der Waals surface area contributed by atoms with Crippen molar-refractivity contribution in [3.8, 4) is 0 Å². The fourth-order valence-electron chi connectivity index (χ4n) is 6.86. The molecule has 3 aliphatic rings. The number of ether oxygens (including phenoxy) is 1. The Balaban J connectivity index is 1.80. The number of amides is 3. The van der Waals surface area contributed by atoms with E-state index in [1.54, 1.807) is 26.9 Å². The quantitative estimate of drug-likeness (QED) is 0.288. The molecular formula is C31H42BrN3O5. The zero-order valence-electron chi connectivity index (χ0n) is 23.9. The smallest absolute Gasteiger partial charge is 0.248 e. The van der Waals surface area contributed by atoms with Crippen LogP contribution in [0.5, 0.6) is 0 Å². The maximum absolute atomic E-state index is 14.4. The first-order valence-electron chi connectivity index (χ1n) is 14.1. The minimum absolute atomic E-state index is 0.118. The van der Waals surface area contributed by atoms with Crippen molar-refractivity contribution in [3.63, 3.8) is 0 Å². The van der Waals surface area contributed by atoms with Crippen molar-refractivity contribution >= 4 is 33.7 Å². The molecule has 3 heterocycles. The second-order valence-corrected chi connectivity index (χ2v) is 12.9. The molecule has 0 aliphatic carbocycles. The van der Waals surface area contributed by atoms with Gasteiger partial charge in [0.1, 0.15) is 11.6 Å². The van der Waals surface area contributed by atoms with Crippen molar-refractivity contribution in [2.75, 3.05) is 19.7 Å². The summed E-state index contributed by atoms with van der Waals surface area (Å²) in [6.07, 6.45) is 3.22. The molecule has 1 aromatic rings. The van der Waals surface area contributed by atoms with Gasteiger partial charge in [-0.05, 0) is 31.7 Å². The Kier molecular flexibility index (Phi) is 9.27. The third kappa shape index (κ3) is 5.05. The fraction of sp³-hybridized carbons (Fsp3) is 0.581. The van der Waals surface area contributed by atoms with Crippen LogP contribution < -0.4 is 0 Å². The molecule has 1 aromatic carbocycles. The van der Waals surface area contributed by atoms with Crippen LogP contribution >= 0.6 is 15.9 Å². The highest BCUT2D eigenvalue weighted by Crippen LogP contribution is 2.61. The SMILES string of the molecule is C=CCN(Cc1ccccc1)C(=O)[C@H]1[C@@H]2OC3(CC2Br)C(C(=O)N(CC=C)C(C)C)N([C@@H](CO)C(C)C)C(=O)[C@H]13. The van der Waals surface area contributed by atoms with Crippen LogP contribution in [0.3, 0.4) is 0 Å². The number of aliphatic hydroxyl groups is 1. The molecule has 2 bridgehead atoms. The van der Waals surface area contributed by atoms with Crippen LogP contribution in [0.2, 0.25) is 0 Å². The average Bonchev–Trinajstić information content (AvgIpc) is 3.50.